The van der Waals surface area contributed by atoms with E-state index in [1.165, 1.54) is 0 Å². The SMILES string of the molecule is CC(NCc1cccc(O)c1)C(=O)N1CCOCC1. The van der Waals surface area contributed by atoms with Crippen molar-refractivity contribution < 1.29 is 14.6 Å². The molecule has 19 heavy (non-hydrogen) atoms. The Bertz CT molecular complexity index is 430. The van der Waals surface area contributed by atoms with Crippen LogP contribution in [0, 0.1) is 0 Å². The van der Waals surface area contributed by atoms with Gasteiger partial charge in [-0.05, 0) is 24.6 Å². The van der Waals surface area contributed by atoms with Crippen molar-refractivity contribution in [3.63, 3.8) is 0 Å². The average Bonchev–Trinajstić information content (AvgIpc) is 2.45. The Labute approximate surface area is 113 Å². The van der Waals surface area contributed by atoms with Gasteiger partial charge in [-0.2, -0.15) is 0 Å². The first-order valence-corrected chi connectivity index (χ1v) is 6.54. The minimum Gasteiger partial charge on any atom is -0.508 e. The van der Waals surface area contributed by atoms with Crippen LogP contribution in [0.1, 0.15) is 12.5 Å². The summed E-state index contributed by atoms with van der Waals surface area (Å²) in [6.45, 7) is 4.98. The van der Waals surface area contributed by atoms with Crippen molar-refractivity contribution in [2.75, 3.05) is 26.3 Å². The molecule has 5 heteroatoms. The first-order chi connectivity index (χ1) is 9.16. The molecule has 2 rings (SSSR count). The molecule has 1 aliphatic heterocycles. The molecule has 0 spiro atoms. The van der Waals surface area contributed by atoms with E-state index in [0.717, 1.165) is 5.56 Å². The summed E-state index contributed by atoms with van der Waals surface area (Å²) in [5.74, 6) is 0.343. The molecule has 1 aromatic carbocycles. The lowest BCUT2D eigenvalue weighted by atomic mass is 10.2. The number of hydrogen-bond acceptors (Lipinski definition) is 4. The maximum atomic E-state index is 12.1. The number of benzene rings is 1. The molecule has 2 N–H and O–H groups in total. The highest BCUT2D eigenvalue weighted by atomic mass is 16.5. The fourth-order valence-corrected chi connectivity index (χ4v) is 2.08. The third-order valence-corrected chi connectivity index (χ3v) is 3.22. The van der Waals surface area contributed by atoms with Crippen molar-refractivity contribution in [2.24, 2.45) is 0 Å². The molecule has 104 valence electrons. The fourth-order valence-electron chi connectivity index (χ4n) is 2.08. The van der Waals surface area contributed by atoms with E-state index in [-0.39, 0.29) is 17.7 Å². The predicted octanol–water partition coefficient (Wildman–Crippen LogP) is 0.729. The maximum absolute atomic E-state index is 12.1. The zero-order chi connectivity index (χ0) is 13.7. The normalized spacial score (nSPS) is 17.2. The number of amides is 1. The highest BCUT2D eigenvalue weighted by Crippen LogP contribution is 2.11. The van der Waals surface area contributed by atoms with E-state index in [4.69, 9.17) is 4.74 Å². The highest BCUT2D eigenvalue weighted by Gasteiger charge is 2.21. The molecule has 0 aliphatic carbocycles. The molecule has 1 aromatic rings. The van der Waals surface area contributed by atoms with E-state index in [2.05, 4.69) is 5.32 Å². The number of aromatic hydroxyl groups is 1. The summed E-state index contributed by atoms with van der Waals surface area (Å²) in [4.78, 5) is 14.0. The van der Waals surface area contributed by atoms with Gasteiger partial charge in [-0.25, -0.2) is 0 Å². The lowest BCUT2D eigenvalue weighted by Crippen LogP contribution is -2.49. The largest absolute Gasteiger partial charge is 0.508 e. The monoisotopic (exact) mass is 264 g/mol. The second kappa shape index (κ2) is 6.54. The second-order valence-electron chi connectivity index (χ2n) is 4.71. The van der Waals surface area contributed by atoms with Crippen LogP contribution in [-0.2, 0) is 16.1 Å². The van der Waals surface area contributed by atoms with E-state index >= 15 is 0 Å². The van der Waals surface area contributed by atoms with E-state index in [0.29, 0.717) is 32.8 Å². The lowest BCUT2D eigenvalue weighted by molar-refractivity contribution is -0.137. The van der Waals surface area contributed by atoms with Gasteiger partial charge in [0.25, 0.3) is 0 Å². The Kier molecular flexibility index (Phi) is 4.76. The molecule has 0 radical (unpaired) electrons. The summed E-state index contributed by atoms with van der Waals surface area (Å²) in [5, 5.41) is 12.6. The van der Waals surface area contributed by atoms with E-state index in [9.17, 15) is 9.90 Å². The molecule has 5 nitrogen and oxygen atoms in total. The van der Waals surface area contributed by atoms with Crippen molar-refractivity contribution in [3.05, 3.63) is 29.8 Å². The Morgan fingerprint density at radius 1 is 1.47 bits per heavy atom. The van der Waals surface area contributed by atoms with Gasteiger partial charge in [-0.15, -0.1) is 0 Å². The van der Waals surface area contributed by atoms with Crippen LogP contribution in [0.25, 0.3) is 0 Å². The standard InChI is InChI=1S/C14H20N2O3/c1-11(14(18)16-5-7-19-8-6-16)15-10-12-3-2-4-13(17)9-12/h2-4,9,11,15,17H,5-8,10H2,1H3. The summed E-state index contributed by atoms with van der Waals surface area (Å²) in [5.41, 5.74) is 0.960. The number of nitrogens with one attached hydrogen (secondary N) is 1. The van der Waals surface area contributed by atoms with Gasteiger partial charge in [0.05, 0.1) is 19.3 Å². The highest BCUT2D eigenvalue weighted by molar-refractivity contribution is 5.81. The summed E-state index contributed by atoms with van der Waals surface area (Å²) < 4.78 is 5.23. The summed E-state index contributed by atoms with van der Waals surface area (Å²) in [6.07, 6.45) is 0. The van der Waals surface area contributed by atoms with Gasteiger partial charge in [-0.1, -0.05) is 12.1 Å². The molecule has 0 bridgehead atoms. The van der Waals surface area contributed by atoms with Crippen LogP contribution >= 0.6 is 0 Å². The number of rotatable bonds is 4. The van der Waals surface area contributed by atoms with Crippen LogP contribution in [0.4, 0.5) is 0 Å². The van der Waals surface area contributed by atoms with Crippen LogP contribution in [0.15, 0.2) is 24.3 Å². The van der Waals surface area contributed by atoms with Crippen molar-refractivity contribution in [1.82, 2.24) is 10.2 Å². The van der Waals surface area contributed by atoms with Crippen molar-refractivity contribution in [1.29, 1.82) is 0 Å². The zero-order valence-electron chi connectivity index (χ0n) is 11.1. The Morgan fingerprint density at radius 2 is 2.21 bits per heavy atom. The van der Waals surface area contributed by atoms with Crippen LogP contribution in [0.3, 0.4) is 0 Å². The molecule has 1 unspecified atom stereocenters. The molecule has 1 amide bonds. The number of morpholine rings is 1. The third-order valence-electron chi connectivity index (χ3n) is 3.22. The Hall–Kier alpha value is -1.59. The number of nitrogens with zero attached hydrogens (tertiary/aromatic N) is 1. The molecular formula is C14H20N2O3. The average molecular weight is 264 g/mol. The molecule has 1 saturated heterocycles. The van der Waals surface area contributed by atoms with Crippen molar-refractivity contribution in [2.45, 2.75) is 19.5 Å². The molecule has 0 saturated carbocycles. The van der Waals surface area contributed by atoms with Gasteiger partial charge in [0.2, 0.25) is 5.91 Å². The van der Waals surface area contributed by atoms with Gasteiger partial charge in [-0.3, -0.25) is 4.79 Å². The van der Waals surface area contributed by atoms with E-state index < -0.39 is 0 Å². The first kappa shape index (κ1) is 13.8. The van der Waals surface area contributed by atoms with Gasteiger partial charge < -0.3 is 20.1 Å². The van der Waals surface area contributed by atoms with Crippen LogP contribution in [0.2, 0.25) is 0 Å². The minimum atomic E-state index is -0.236. The smallest absolute Gasteiger partial charge is 0.239 e. The van der Waals surface area contributed by atoms with Crippen LogP contribution < -0.4 is 5.32 Å². The number of carbonyl (C=O) groups excluding carboxylic acids is 1. The van der Waals surface area contributed by atoms with Crippen LogP contribution in [0.5, 0.6) is 5.75 Å². The Morgan fingerprint density at radius 3 is 2.89 bits per heavy atom. The Balaban J connectivity index is 1.83. The van der Waals surface area contributed by atoms with Crippen LogP contribution in [-0.4, -0.2) is 48.3 Å². The second-order valence-corrected chi connectivity index (χ2v) is 4.71. The van der Waals surface area contributed by atoms with Gasteiger partial charge in [0.1, 0.15) is 5.75 Å². The lowest BCUT2D eigenvalue weighted by Gasteiger charge is -2.29. The molecule has 1 heterocycles. The molecule has 0 aromatic heterocycles. The topological polar surface area (TPSA) is 61.8 Å². The maximum Gasteiger partial charge on any atom is 0.239 e. The molecular weight excluding hydrogens is 244 g/mol. The summed E-state index contributed by atoms with van der Waals surface area (Å²) in [6, 6.07) is 6.80. The fraction of sp³-hybridized carbons (Fsp3) is 0.500. The number of hydrogen-bond donors (Lipinski definition) is 2. The van der Waals surface area contributed by atoms with Crippen molar-refractivity contribution >= 4 is 5.91 Å². The zero-order valence-corrected chi connectivity index (χ0v) is 11.1. The number of phenolic OH excluding ortho intramolecular Hbond substituents is 1. The first-order valence-electron chi connectivity index (χ1n) is 6.54. The number of carbonyl (C=O) groups is 1. The molecule has 1 fully saturated rings. The quantitative estimate of drug-likeness (QED) is 0.841. The third kappa shape index (κ3) is 3.94. The van der Waals surface area contributed by atoms with Gasteiger partial charge >= 0.3 is 0 Å². The van der Waals surface area contributed by atoms with Crippen molar-refractivity contribution in [3.8, 4) is 5.75 Å². The molecule has 1 aliphatic rings. The van der Waals surface area contributed by atoms with E-state index in [1.807, 2.05) is 17.9 Å². The minimum absolute atomic E-state index is 0.100. The van der Waals surface area contributed by atoms with Gasteiger partial charge in [0, 0.05) is 19.6 Å². The number of phenols is 1. The predicted molar refractivity (Wildman–Crippen MR) is 71.8 cm³/mol. The molecule has 1 atom stereocenters. The summed E-state index contributed by atoms with van der Waals surface area (Å²) >= 11 is 0. The number of ether oxygens (including phenoxy) is 1. The van der Waals surface area contributed by atoms with Gasteiger partial charge in [0.15, 0.2) is 0 Å². The summed E-state index contributed by atoms with van der Waals surface area (Å²) in [7, 11) is 0. The van der Waals surface area contributed by atoms with E-state index in [1.54, 1.807) is 18.2 Å².